The first kappa shape index (κ1) is 27.1. The Labute approximate surface area is 225 Å². The molecule has 1 unspecified atom stereocenters. The lowest BCUT2D eigenvalue weighted by Crippen LogP contribution is -2.44. The van der Waals surface area contributed by atoms with Crippen LogP contribution in [0, 0.1) is 6.92 Å². The Morgan fingerprint density at radius 2 is 2.00 bits per heavy atom. The van der Waals surface area contributed by atoms with Crippen LogP contribution in [0.15, 0.2) is 52.6 Å². The van der Waals surface area contributed by atoms with Crippen LogP contribution >= 0.6 is 11.6 Å². The molecular formula is C26H26ClF3N6O3. The van der Waals surface area contributed by atoms with Gasteiger partial charge in [0.2, 0.25) is 0 Å². The van der Waals surface area contributed by atoms with Crippen LogP contribution in [-0.4, -0.2) is 55.2 Å². The number of halogens is 4. The number of nitrogens with one attached hydrogen (secondary N) is 1. The predicted octanol–water partition coefficient (Wildman–Crippen LogP) is 3.21. The number of aromatic nitrogens is 5. The molecule has 0 bridgehead atoms. The van der Waals surface area contributed by atoms with Crippen LogP contribution in [0.4, 0.5) is 13.2 Å². The maximum absolute atomic E-state index is 12.9. The van der Waals surface area contributed by atoms with Crippen LogP contribution in [0.25, 0.3) is 16.8 Å². The molecule has 206 valence electrons. The Kier molecular flexibility index (Phi) is 7.36. The van der Waals surface area contributed by atoms with E-state index in [0.29, 0.717) is 39.3 Å². The molecule has 9 nitrogen and oxygen atoms in total. The zero-order valence-electron chi connectivity index (χ0n) is 21.2. The minimum Gasteiger partial charge on any atom is -0.372 e. The van der Waals surface area contributed by atoms with E-state index in [1.807, 2.05) is 26.0 Å². The van der Waals surface area contributed by atoms with Gasteiger partial charge in [0.05, 0.1) is 30.0 Å². The monoisotopic (exact) mass is 562 g/mol. The molecule has 0 saturated carbocycles. The summed E-state index contributed by atoms with van der Waals surface area (Å²) in [6.07, 6.45) is -0.0952. The summed E-state index contributed by atoms with van der Waals surface area (Å²) in [5.74, 6) is 0. The van der Waals surface area contributed by atoms with E-state index >= 15 is 0 Å². The van der Waals surface area contributed by atoms with Crippen LogP contribution < -0.4 is 16.6 Å². The third kappa shape index (κ3) is 5.92. The van der Waals surface area contributed by atoms with Gasteiger partial charge in [-0.3, -0.25) is 13.9 Å². The molecule has 0 spiro atoms. The van der Waals surface area contributed by atoms with Gasteiger partial charge in [-0.15, -0.1) is 0 Å². The van der Waals surface area contributed by atoms with E-state index in [9.17, 15) is 22.8 Å². The molecule has 1 aliphatic heterocycles. The molecular weight excluding hydrogens is 537 g/mol. The van der Waals surface area contributed by atoms with Crippen molar-refractivity contribution in [3.8, 4) is 11.3 Å². The molecule has 0 amide bonds. The number of aryl methyl sites for hydroxylation is 1. The van der Waals surface area contributed by atoms with Gasteiger partial charge < -0.3 is 10.1 Å². The number of morpholine rings is 1. The molecule has 1 fully saturated rings. The van der Waals surface area contributed by atoms with Crippen molar-refractivity contribution in [1.82, 2.24) is 29.0 Å². The molecule has 1 saturated heterocycles. The zero-order valence-corrected chi connectivity index (χ0v) is 22.0. The number of nitrogens with zero attached hydrogens (tertiary/aromatic N) is 5. The summed E-state index contributed by atoms with van der Waals surface area (Å²) in [6.45, 7) is 3.75. The average molecular weight is 563 g/mol. The Balaban J connectivity index is 1.54. The Hall–Kier alpha value is -3.48. The van der Waals surface area contributed by atoms with E-state index in [2.05, 4.69) is 15.4 Å². The molecule has 0 radical (unpaired) electrons. The normalized spacial score (nSPS) is 18.1. The van der Waals surface area contributed by atoms with Crippen molar-refractivity contribution in [3.05, 3.63) is 85.5 Å². The Morgan fingerprint density at radius 3 is 2.74 bits per heavy atom. The fourth-order valence-electron chi connectivity index (χ4n) is 4.95. The third-order valence-corrected chi connectivity index (χ3v) is 6.86. The summed E-state index contributed by atoms with van der Waals surface area (Å²) in [6, 6.07) is 6.37. The summed E-state index contributed by atoms with van der Waals surface area (Å²) in [5.41, 5.74) is 2.70. The summed E-state index contributed by atoms with van der Waals surface area (Å²) in [4.78, 5) is 29.6. The topological polar surface area (TPSA) is 95.5 Å². The lowest BCUT2D eigenvalue weighted by molar-refractivity contribution is -0.141. The molecule has 0 aliphatic carbocycles. The average Bonchev–Trinajstić information content (AvgIpc) is 3.27. The second kappa shape index (κ2) is 10.6. The van der Waals surface area contributed by atoms with Gasteiger partial charge in [0.1, 0.15) is 12.9 Å². The Bertz CT molecular complexity index is 1640. The minimum absolute atomic E-state index is 0.0450. The van der Waals surface area contributed by atoms with Gasteiger partial charge in [0, 0.05) is 48.6 Å². The number of alkyl halides is 3. The lowest BCUT2D eigenvalue weighted by Gasteiger charge is -2.30. The number of ether oxygens (including phenoxy) is 1. The van der Waals surface area contributed by atoms with Gasteiger partial charge in [-0.2, -0.15) is 18.3 Å². The van der Waals surface area contributed by atoms with Gasteiger partial charge in [-0.05, 0) is 48.7 Å². The third-order valence-electron chi connectivity index (χ3n) is 6.65. The molecule has 13 heteroatoms. The quantitative estimate of drug-likeness (QED) is 0.388. The highest BCUT2D eigenvalue weighted by Gasteiger charge is 2.29. The number of fused-ring (bicyclic) bond motifs is 1. The van der Waals surface area contributed by atoms with Crippen LogP contribution in [0.2, 0.25) is 5.02 Å². The van der Waals surface area contributed by atoms with Crippen LogP contribution in [0.5, 0.6) is 0 Å². The summed E-state index contributed by atoms with van der Waals surface area (Å²) in [5, 5.41) is 8.17. The number of hydrogen-bond acceptors (Lipinski definition) is 6. The molecule has 4 heterocycles. The van der Waals surface area contributed by atoms with Crippen molar-refractivity contribution in [2.24, 2.45) is 0 Å². The molecule has 4 aromatic rings. The Morgan fingerprint density at radius 1 is 1.21 bits per heavy atom. The number of rotatable bonds is 6. The smallest absolute Gasteiger partial charge is 0.372 e. The molecule has 2 atom stereocenters. The van der Waals surface area contributed by atoms with Crippen molar-refractivity contribution in [2.75, 3.05) is 13.1 Å². The first-order valence-corrected chi connectivity index (χ1v) is 12.7. The fraction of sp³-hybridized carbons (Fsp3) is 0.385. The van der Waals surface area contributed by atoms with Gasteiger partial charge >= 0.3 is 11.9 Å². The lowest BCUT2D eigenvalue weighted by atomic mass is 9.93. The van der Waals surface area contributed by atoms with E-state index in [4.69, 9.17) is 16.3 Å². The van der Waals surface area contributed by atoms with Crippen molar-refractivity contribution in [2.45, 2.75) is 51.7 Å². The SMILES string of the molecule is Cc1cc(Cl)cc(-c2ncnn3cc(Cn4c(=O)ccn(CC(F)(F)F)c4=O)cc23)c1CC1CNC[C@H](C)O1. The fourth-order valence-corrected chi connectivity index (χ4v) is 5.22. The molecule has 5 rings (SSSR count). The largest absolute Gasteiger partial charge is 0.406 e. The predicted molar refractivity (Wildman–Crippen MR) is 139 cm³/mol. The molecule has 1 aliphatic rings. The van der Waals surface area contributed by atoms with Crippen LogP contribution in [0.1, 0.15) is 23.6 Å². The van der Waals surface area contributed by atoms with E-state index in [-0.39, 0.29) is 18.8 Å². The number of benzene rings is 1. The van der Waals surface area contributed by atoms with E-state index in [0.717, 1.165) is 40.1 Å². The second-order valence-corrected chi connectivity index (χ2v) is 10.2. The van der Waals surface area contributed by atoms with Crippen molar-refractivity contribution in [3.63, 3.8) is 0 Å². The standard InChI is InChI=1S/C26H26ClF3N6O3/c1-15-5-18(27)7-21(20(15)8-19-10-31-9-16(2)39-19)24-22-6-17(12-36(22)33-14-32-24)11-35-23(37)3-4-34(25(35)38)13-26(28,29)30/h3-7,12,14,16,19,31H,8-11,13H2,1-2H3/t16-,19?/m0/s1. The summed E-state index contributed by atoms with van der Waals surface area (Å²) < 4.78 is 47.6. The summed E-state index contributed by atoms with van der Waals surface area (Å²) >= 11 is 6.45. The molecule has 1 N–H and O–H groups in total. The van der Waals surface area contributed by atoms with Crippen LogP contribution in [-0.2, 0) is 24.2 Å². The van der Waals surface area contributed by atoms with E-state index in [1.54, 1.807) is 16.8 Å². The zero-order chi connectivity index (χ0) is 27.9. The van der Waals surface area contributed by atoms with Gasteiger partial charge in [0.15, 0.2) is 0 Å². The highest BCUT2D eigenvalue weighted by Crippen LogP contribution is 2.33. The minimum atomic E-state index is -4.61. The first-order valence-electron chi connectivity index (χ1n) is 12.3. The van der Waals surface area contributed by atoms with Crippen LogP contribution in [0.3, 0.4) is 0 Å². The molecule has 39 heavy (non-hydrogen) atoms. The van der Waals surface area contributed by atoms with Crippen molar-refractivity contribution in [1.29, 1.82) is 0 Å². The van der Waals surface area contributed by atoms with E-state index < -0.39 is 24.0 Å². The van der Waals surface area contributed by atoms with Gasteiger partial charge in [-0.25, -0.2) is 14.3 Å². The van der Waals surface area contributed by atoms with E-state index in [1.165, 1.54) is 6.33 Å². The first-order chi connectivity index (χ1) is 18.5. The van der Waals surface area contributed by atoms with Gasteiger partial charge in [-0.1, -0.05) is 11.6 Å². The van der Waals surface area contributed by atoms with Crippen molar-refractivity contribution < 1.29 is 17.9 Å². The number of hydrogen-bond donors (Lipinski definition) is 1. The highest BCUT2D eigenvalue weighted by atomic mass is 35.5. The summed E-state index contributed by atoms with van der Waals surface area (Å²) in [7, 11) is 0. The highest BCUT2D eigenvalue weighted by molar-refractivity contribution is 6.31. The maximum atomic E-state index is 12.9. The van der Waals surface area contributed by atoms with Gasteiger partial charge in [0.25, 0.3) is 5.56 Å². The second-order valence-electron chi connectivity index (χ2n) is 9.73. The molecule has 3 aromatic heterocycles. The maximum Gasteiger partial charge on any atom is 0.406 e. The molecule has 1 aromatic carbocycles. The van der Waals surface area contributed by atoms with Crippen molar-refractivity contribution >= 4 is 17.1 Å².